The highest BCUT2D eigenvalue weighted by Crippen LogP contribution is 2.19. The Morgan fingerprint density at radius 1 is 1.13 bits per heavy atom. The Morgan fingerprint density at radius 2 is 1.91 bits per heavy atom. The van der Waals surface area contributed by atoms with Crippen molar-refractivity contribution in [2.45, 2.75) is 27.0 Å². The Bertz CT molecular complexity index is 759. The molecular formula is C16H20N6O. The summed E-state index contributed by atoms with van der Waals surface area (Å²) in [5.74, 6) is 2.83. The zero-order valence-electron chi connectivity index (χ0n) is 13.5. The molecule has 0 aliphatic heterocycles. The van der Waals surface area contributed by atoms with Crippen LogP contribution in [-0.2, 0) is 20.2 Å². The second-order valence-corrected chi connectivity index (χ2v) is 5.81. The lowest BCUT2D eigenvalue weighted by Gasteiger charge is -2.10. The van der Waals surface area contributed by atoms with E-state index in [9.17, 15) is 0 Å². The standard InChI is InChI=1S/C16H20N6O/c1-12(2)8-22-15(17-10-19-22)9-23-14-6-4-13(5-7-14)16-18-11-21(3)20-16/h4-7,10-12H,8-9H2,1-3H3. The van der Waals surface area contributed by atoms with Crippen LogP contribution in [0.2, 0.25) is 0 Å². The average Bonchev–Trinajstić information content (AvgIpc) is 3.14. The van der Waals surface area contributed by atoms with Gasteiger partial charge in [-0.1, -0.05) is 13.8 Å². The van der Waals surface area contributed by atoms with Crippen molar-refractivity contribution in [2.24, 2.45) is 13.0 Å². The van der Waals surface area contributed by atoms with Gasteiger partial charge < -0.3 is 4.74 Å². The Hall–Kier alpha value is -2.70. The molecule has 0 spiro atoms. The zero-order valence-corrected chi connectivity index (χ0v) is 13.5. The summed E-state index contributed by atoms with van der Waals surface area (Å²) in [5, 5.41) is 8.51. The Labute approximate surface area is 135 Å². The van der Waals surface area contributed by atoms with Gasteiger partial charge in [-0.2, -0.15) is 10.2 Å². The average molecular weight is 312 g/mol. The number of hydrogen-bond acceptors (Lipinski definition) is 5. The summed E-state index contributed by atoms with van der Waals surface area (Å²) >= 11 is 0. The van der Waals surface area contributed by atoms with Crippen molar-refractivity contribution >= 4 is 0 Å². The van der Waals surface area contributed by atoms with Gasteiger partial charge in [-0.15, -0.1) is 0 Å². The van der Waals surface area contributed by atoms with Gasteiger partial charge in [0, 0.05) is 19.2 Å². The van der Waals surface area contributed by atoms with Gasteiger partial charge in [-0.3, -0.25) is 4.68 Å². The molecule has 0 amide bonds. The molecule has 2 heterocycles. The normalized spacial score (nSPS) is 11.1. The minimum Gasteiger partial charge on any atom is -0.486 e. The fourth-order valence-corrected chi connectivity index (χ4v) is 2.22. The van der Waals surface area contributed by atoms with E-state index in [-0.39, 0.29) is 0 Å². The third kappa shape index (κ3) is 3.74. The van der Waals surface area contributed by atoms with E-state index in [1.54, 1.807) is 17.3 Å². The molecular weight excluding hydrogens is 292 g/mol. The van der Waals surface area contributed by atoms with Crippen LogP contribution in [0.3, 0.4) is 0 Å². The first-order chi connectivity index (χ1) is 11.1. The SMILES string of the molecule is CC(C)Cn1ncnc1COc1ccc(-c2ncn(C)n2)cc1. The molecule has 7 heteroatoms. The Balaban J connectivity index is 1.64. The number of benzene rings is 1. The molecule has 1 aromatic carbocycles. The lowest BCUT2D eigenvalue weighted by atomic mass is 10.2. The molecule has 0 unspecified atom stereocenters. The van der Waals surface area contributed by atoms with E-state index in [2.05, 4.69) is 34.0 Å². The van der Waals surface area contributed by atoms with Gasteiger partial charge in [0.05, 0.1) is 0 Å². The monoisotopic (exact) mass is 312 g/mol. The third-order valence-corrected chi connectivity index (χ3v) is 3.31. The molecule has 0 bridgehead atoms. The highest BCUT2D eigenvalue weighted by atomic mass is 16.5. The van der Waals surface area contributed by atoms with Gasteiger partial charge in [0.25, 0.3) is 0 Å². The lowest BCUT2D eigenvalue weighted by Crippen LogP contribution is -2.12. The summed E-state index contributed by atoms with van der Waals surface area (Å²) in [6.07, 6.45) is 3.25. The maximum Gasteiger partial charge on any atom is 0.181 e. The molecule has 0 N–H and O–H groups in total. The van der Waals surface area contributed by atoms with Crippen molar-refractivity contribution < 1.29 is 4.74 Å². The van der Waals surface area contributed by atoms with Crippen LogP contribution in [0.25, 0.3) is 11.4 Å². The van der Waals surface area contributed by atoms with Crippen molar-refractivity contribution in [1.29, 1.82) is 0 Å². The van der Waals surface area contributed by atoms with E-state index in [0.29, 0.717) is 18.3 Å². The number of hydrogen-bond donors (Lipinski definition) is 0. The molecule has 2 aromatic heterocycles. The van der Waals surface area contributed by atoms with Crippen molar-refractivity contribution in [3.63, 3.8) is 0 Å². The first-order valence-corrected chi connectivity index (χ1v) is 7.57. The predicted octanol–water partition coefficient (Wildman–Crippen LogP) is 2.31. The summed E-state index contributed by atoms with van der Waals surface area (Å²) < 4.78 is 9.37. The number of nitrogens with zero attached hydrogens (tertiary/aromatic N) is 6. The molecule has 7 nitrogen and oxygen atoms in total. The van der Waals surface area contributed by atoms with Gasteiger partial charge in [-0.05, 0) is 30.2 Å². The summed E-state index contributed by atoms with van der Waals surface area (Å²) in [6, 6.07) is 7.72. The van der Waals surface area contributed by atoms with Crippen LogP contribution in [0, 0.1) is 5.92 Å². The smallest absolute Gasteiger partial charge is 0.181 e. The highest BCUT2D eigenvalue weighted by Gasteiger charge is 2.08. The maximum absolute atomic E-state index is 5.80. The van der Waals surface area contributed by atoms with Gasteiger partial charge in [0.15, 0.2) is 11.6 Å². The van der Waals surface area contributed by atoms with Crippen molar-refractivity contribution in [2.75, 3.05) is 0 Å². The van der Waals surface area contributed by atoms with Crippen LogP contribution >= 0.6 is 0 Å². The fraction of sp³-hybridized carbons (Fsp3) is 0.375. The van der Waals surface area contributed by atoms with E-state index in [0.717, 1.165) is 23.7 Å². The first kappa shape index (κ1) is 15.2. The largest absolute Gasteiger partial charge is 0.486 e. The summed E-state index contributed by atoms with van der Waals surface area (Å²) in [5.41, 5.74) is 0.959. The topological polar surface area (TPSA) is 70.7 Å². The van der Waals surface area contributed by atoms with E-state index in [1.165, 1.54) is 0 Å². The minimum atomic E-state index is 0.397. The van der Waals surface area contributed by atoms with Crippen molar-refractivity contribution in [3.05, 3.63) is 42.7 Å². The van der Waals surface area contributed by atoms with Crippen molar-refractivity contribution in [1.82, 2.24) is 29.5 Å². The van der Waals surface area contributed by atoms with Crippen LogP contribution in [0.1, 0.15) is 19.7 Å². The molecule has 0 saturated carbocycles. The molecule has 3 aromatic rings. The summed E-state index contributed by atoms with van der Waals surface area (Å²) in [6.45, 7) is 5.53. The van der Waals surface area contributed by atoms with E-state index in [1.807, 2.05) is 36.0 Å². The van der Waals surface area contributed by atoms with Gasteiger partial charge in [0.1, 0.15) is 25.0 Å². The first-order valence-electron chi connectivity index (χ1n) is 7.57. The van der Waals surface area contributed by atoms with Gasteiger partial charge >= 0.3 is 0 Å². The lowest BCUT2D eigenvalue weighted by molar-refractivity contribution is 0.282. The van der Waals surface area contributed by atoms with Crippen molar-refractivity contribution in [3.8, 4) is 17.1 Å². The molecule has 0 atom stereocenters. The second kappa shape index (κ2) is 6.60. The molecule has 23 heavy (non-hydrogen) atoms. The Kier molecular flexibility index (Phi) is 4.36. The molecule has 0 saturated heterocycles. The molecule has 0 aliphatic rings. The third-order valence-electron chi connectivity index (χ3n) is 3.31. The Morgan fingerprint density at radius 3 is 2.57 bits per heavy atom. The van der Waals surface area contributed by atoms with E-state index >= 15 is 0 Å². The van der Waals surface area contributed by atoms with Gasteiger partial charge in [0.2, 0.25) is 0 Å². The van der Waals surface area contributed by atoms with Crippen LogP contribution < -0.4 is 4.74 Å². The van der Waals surface area contributed by atoms with Crippen LogP contribution in [0.5, 0.6) is 5.75 Å². The molecule has 0 radical (unpaired) electrons. The number of rotatable bonds is 6. The number of ether oxygens (including phenoxy) is 1. The number of aromatic nitrogens is 6. The molecule has 0 fully saturated rings. The summed E-state index contributed by atoms with van der Waals surface area (Å²) in [7, 11) is 1.85. The van der Waals surface area contributed by atoms with Crippen LogP contribution in [0.15, 0.2) is 36.9 Å². The maximum atomic E-state index is 5.80. The van der Waals surface area contributed by atoms with Crippen LogP contribution in [-0.4, -0.2) is 29.5 Å². The number of aryl methyl sites for hydroxylation is 1. The zero-order chi connectivity index (χ0) is 16.2. The fourth-order valence-electron chi connectivity index (χ4n) is 2.22. The van der Waals surface area contributed by atoms with E-state index in [4.69, 9.17) is 4.74 Å². The van der Waals surface area contributed by atoms with Gasteiger partial charge in [-0.25, -0.2) is 14.6 Å². The summed E-state index contributed by atoms with van der Waals surface area (Å²) in [4.78, 5) is 8.49. The second-order valence-electron chi connectivity index (χ2n) is 5.81. The minimum absolute atomic E-state index is 0.397. The quantitative estimate of drug-likeness (QED) is 0.698. The highest BCUT2D eigenvalue weighted by molar-refractivity contribution is 5.55. The molecule has 3 rings (SSSR count). The van der Waals surface area contributed by atoms with E-state index < -0.39 is 0 Å². The molecule has 120 valence electrons. The predicted molar refractivity (Wildman–Crippen MR) is 85.6 cm³/mol. The van der Waals surface area contributed by atoms with Crippen LogP contribution in [0.4, 0.5) is 0 Å². The molecule has 0 aliphatic carbocycles.